The molecule has 1 N–H and O–H groups in total. The second kappa shape index (κ2) is 7.70. The number of Topliss-reactive ketones (excluding diaryl/α,β-unsaturated/α-hetero) is 1. The molecule has 0 spiro atoms. The van der Waals surface area contributed by atoms with E-state index in [-0.39, 0.29) is 24.2 Å². The molecule has 0 aliphatic carbocycles. The molecule has 1 aliphatic heterocycles. The van der Waals surface area contributed by atoms with Crippen molar-refractivity contribution in [2.75, 3.05) is 13.2 Å². The number of nitrogens with zero attached hydrogens (tertiary/aromatic N) is 1. The van der Waals surface area contributed by atoms with Crippen LogP contribution in [0.1, 0.15) is 27.7 Å². The van der Waals surface area contributed by atoms with Crippen molar-refractivity contribution in [1.82, 2.24) is 10.4 Å². The summed E-state index contributed by atoms with van der Waals surface area (Å²) in [7, 11) is 0. The van der Waals surface area contributed by atoms with Gasteiger partial charge in [-0.3, -0.25) is 19.2 Å². The fraction of sp³-hybridized carbons (Fsp3) is 0.438. The number of amides is 2. The van der Waals surface area contributed by atoms with E-state index in [1.54, 1.807) is 32.9 Å². The number of carbonyl (C=O) groups excluding carboxylic acids is 3. The van der Waals surface area contributed by atoms with Gasteiger partial charge < -0.3 is 5.32 Å². The molecule has 6 nitrogen and oxygen atoms in total. The summed E-state index contributed by atoms with van der Waals surface area (Å²) in [5.74, 6) is -0.804. The number of hydrogen-bond acceptors (Lipinski definition) is 4. The highest BCUT2D eigenvalue weighted by Gasteiger charge is 2.33. The Morgan fingerprint density at radius 1 is 1.45 bits per heavy atom. The minimum atomic E-state index is -0.689. The van der Waals surface area contributed by atoms with E-state index in [1.165, 1.54) is 12.0 Å². The first-order valence-corrected chi connectivity index (χ1v) is 7.11. The van der Waals surface area contributed by atoms with Crippen LogP contribution in [0.25, 0.3) is 0 Å². The second-order valence-electron chi connectivity index (χ2n) is 4.97. The topological polar surface area (TPSA) is 75.7 Å². The number of likely N-dealkylation sites (N-methyl/N-ethyl adjacent to an activating group) is 1. The van der Waals surface area contributed by atoms with Crippen molar-refractivity contribution < 1.29 is 19.2 Å². The number of hydroxylamine groups is 2. The van der Waals surface area contributed by atoms with Gasteiger partial charge in [-0.05, 0) is 39.3 Å². The summed E-state index contributed by atoms with van der Waals surface area (Å²) in [6.07, 6.45) is 3.19. The van der Waals surface area contributed by atoms with Crippen LogP contribution in [0.2, 0.25) is 0 Å². The largest absolute Gasteiger partial charge is 0.338 e. The predicted molar refractivity (Wildman–Crippen MR) is 82.6 cm³/mol. The monoisotopic (exact) mass is 306 g/mol. The second-order valence-corrected chi connectivity index (χ2v) is 4.97. The van der Waals surface area contributed by atoms with Crippen LogP contribution in [0, 0.1) is 0 Å². The summed E-state index contributed by atoms with van der Waals surface area (Å²) >= 11 is 0. The summed E-state index contributed by atoms with van der Waals surface area (Å²) in [4.78, 5) is 40.6. The van der Waals surface area contributed by atoms with E-state index >= 15 is 0 Å². The van der Waals surface area contributed by atoms with Crippen molar-refractivity contribution in [2.45, 2.75) is 33.7 Å². The highest BCUT2D eigenvalue weighted by molar-refractivity contribution is 6.01. The first-order chi connectivity index (χ1) is 10.3. The van der Waals surface area contributed by atoms with E-state index in [2.05, 4.69) is 11.9 Å². The van der Waals surface area contributed by atoms with E-state index in [1.807, 2.05) is 0 Å². The van der Waals surface area contributed by atoms with Gasteiger partial charge in [-0.2, -0.15) is 0 Å². The Hall–Kier alpha value is -2.21. The zero-order chi connectivity index (χ0) is 16.9. The van der Waals surface area contributed by atoms with Gasteiger partial charge in [-0.1, -0.05) is 12.7 Å². The average molecular weight is 306 g/mol. The van der Waals surface area contributed by atoms with Gasteiger partial charge in [0.15, 0.2) is 5.78 Å². The van der Waals surface area contributed by atoms with Crippen molar-refractivity contribution in [1.29, 1.82) is 0 Å². The number of carbonyl (C=O) groups is 3. The maximum atomic E-state index is 12.3. The van der Waals surface area contributed by atoms with E-state index in [0.717, 1.165) is 0 Å². The third-order valence-corrected chi connectivity index (χ3v) is 3.33. The molecule has 1 rings (SSSR count). The molecule has 0 unspecified atom stereocenters. The Labute approximate surface area is 130 Å². The number of ketones is 1. The number of nitrogens with one attached hydrogen (secondary N) is 1. The highest BCUT2D eigenvalue weighted by Crippen LogP contribution is 2.14. The molecule has 6 heteroatoms. The summed E-state index contributed by atoms with van der Waals surface area (Å²) in [5, 5.41) is 3.87. The predicted octanol–water partition coefficient (Wildman–Crippen LogP) is 1.30. The molecule has 1 aliphatic rings. The van der Waals surface area contributed by atoms with Crippen LogP contribution in [-0.4, -0.2) is 41.9 Å². The molecule has 1 saturated heterocycles. The van der Waals surface area contributed by atoms with Crippen molar-refractivity contribution in [3.63, 3.8) is 0 Å². The molecule has 22 heavy (non-hydrogen) atoms. The zero-order valence-corrected chi connectivity index (χ0v) is 13.4. The van der Waals surface area contributed by atoms with E-state index in [0.29, 0.717) is 23.3 Å². The molecule has 0 saturated carbocycles. The van der Waals surface area contributed by atoms with Crippen LogP contribution in [-0.2, 0) is 19.2 Å². The van der Waals surface area contributed by atoms with Crippen LogP contribution in [0.5, 0.6) is 0 Å². The molecule has 0 aromatic rings. The minimum absolute atomic E-state index is 0.123. The van der Waals surface area contributed by atoms with Gasteiger partial charge >= 0.3 is 0 Å². The number of allylic oxidation sites excluding steroid dienone is 3. The van der Waals surface area contributed by atoms with Crippen LogP contribution in [0.3, 0.4) is 0 Å². The van der Waals surface area contributed by atoms with Gasteiger partial charge in [0.05, 0.1) is 0 Å². The van der Waals surface area contributed by atoms with Crippen LogP contribution in [0.15, 0.2) is 35.5 Å². The van der Waals surface area contributed by atoms with E-state index in [9.17, 15) is 14.4 Å². The van der Waals surface area contributed by atoms with Crippen LogP contribution in [0.4, 0.5) is 0 Å². The number of hydrogen-bond donors (Lipinski definition) is 1. The summed E-state index contributed by atoms with van der Waals surface area (Å²) in [6, 6.07) is -0.689. The Balaban J connectivity index is 2.80. The summed E-state index contributed by atoms with van der Waals surface area (Å²) < 4.78 is 0. The molecule has 1 atom stereocenters. The molecule has 0 aromatic heterocycles. The quantitative estimate of drug-likeness (QED) is 0.593. The first kappa shape index (κ1) is 17.8. The average Bonchev–Trinajstić information content (AvgIpc) is 2.80. The zero-order valence-electron chi connectivity index (χ0n) is 13.4. The van der Waals surface area contributed by atoms with Gasteiger partial charge in [-0.25, -0.2) is 5.06 Å². The van der Waals surface area contributed by atoms with Crippen LogP contribution < -0.4 is 5.32 Å². The standard InChI is InChI=1S/C16H22N2O4/c1-6-13(11(4)8-10(3)12(5)19)15(20)17-14-9-22-18(7-2)16(14)21/h6,8,14H,3,7,9H2,1-2,4-5H3,(H,17,20)/b11-8-,13-6+/t14-/m1/s1. The van der Waals surface area contributed by atoms with Crippen LogP contribution >= 0.6 is 0 Å². The van der Waals surface area contributed by atoms with Gasteiger partial charge in [0.25, 0.3) is 11.8 Å². The third kappa shape index (κ3) is 4.14. The van der Waals surface area contributed by atoms with E-state index in [4.69, 9.17) is 4.84 Å². The molecule has 1 heterocycles. The lowest BCUT2D eigenvalue weighted by Gasteiger charge is -2.13. The molecule has 120 valence electrons. The van der Waals surface area contributed by atoms with Crippen molar-refractivity contribution >= 4 is 17.6 Å². The maximum Gasteiger partial charge on any atom is 0.271 e. The Kier molecular flexibility index (Phi) is 6.24. The summed E-state index contributed by atoms with van der Waals surface area (Å²) in [6.45, 7) is 10.8. The molecule has 0 bridgehead atoms. The smallest absolute Gasteiger partial charge is 0.271 e. The van der Waals surface area contributed by atoms with Gasteiger partial charge in [0, 0.05) is 17.7 Å². The Bertz CT molecular complexity index is 560. The molecule has 1 fully saturated rings. The van der Waals surface area contributed by atoms with Crippen molar-refractivity contribution in [2.24, 2.45) is 0 Å². The maximum absolute atomic E-state index is 12.3. The molecule has 0 radical (unpaired) electrons. The Morgan fingerprint density at radius 2 is 2.09 bits per heavy atom. The van der Waals surface area contributed by atoms with Gasteiger partial charge in [-0.15, -0.1) is 0 Å². The Morgan fingerprint density at radius 3 is 2.55 bits per heavy atom. The van der Waals surface area contributed by atoms with Crippen molar-refractivity contribution in [3.8, 4) is 0 Å². The highest BCUT2D eigenvalue weighted by atomic mass is 16.7. The van der Waals surface area contributed by atoms with Crippen molar-refractivity contribution in [3.05, 3.63) is 35.5 Å². The fourth-order valence-electron chi connectivity index (χ4n) is 2.04. The summed E-state index contributed by atoms with van der Waals surface area (Å²) in [5.41, 5.74) is 1.33. The fourth-order valence-corrected chi connectivity index (χ4v) is 2.04. The number of rotatable bonds is 6. The minimum Gasteiger partial charge on any atom is -0.338 e. The molecule has 2 amide bonds. The normalized spacial score (nSPS) is 19.4. The lowest BCUT2D eigenvalue weighted by atomic mass is 10.0. The van der Waals surface area contributed by atoms with Gasteiger partial charge in [0.1, 0.15) is 12.6 Å². The lowest BCUT2D eigenvalue weighted by Crippen LogP contribution is -2.43. The molecule has 0 aromatic carbocycles. The molecular formula is C16H22N2O4. The van der Waals surface area contributed by atoms with Gasteiger partial charge in [0.2, 0.25) is 0 Å². The van der Waals surface area contributed by atoms with E-state index < -0.39 is 6.04 Å². The third-order valence-electron chi connectivity index (χ3n) is 3.33. The SMILES string of the molecule is C=C(/C=C(C)\C(=C/C)C(=O)N[C@@H]1CON(CC)C1=O)C(C)=O. The first-order valence-electron chi connectivity index (χ1n) is 7.11. The lowest BCUT2D eigenvalue weighted by molar-refractivity contribution is -0.160. The molecular weight excluding hydrogens is 284 g/mol.